The lowest BCUT2D eigenvalue weighted by Crippen LogP contribution is -2.30. The van der Waals surface area contributed by atoms with Gasteiger partial charge < -0.3 is 14.2 Å². The zero-order chi connectivity index (χ0) is 46.3. The fourth-order valence-electron chi connectivity index (χ4n) is 6.92. The summed E-state index contributed by atoms with van der Waals surface area (Å²) in [5.74, 6) is -0.524. The van der Waals surface area contributed by atoms with Crippen LogP contribution < -0.4 is 0 Å². The van der Waals surface area contributed by atoms with Crippen LogP contribution in [0.4, 0.5) is 0 Å². The highest BCUT2D eigenvalue weighted by molar-refractivity contribution is 5.70. The van der Waals surface area contributed by atoms with Crippen molar-refractivity contribution in [1.29, 1.82) is 0 Å². The predicted molar refractivity (Wildman–Crippen MR) is 279 cm³/mol. The van der Waals surface area contributed by atoms with Crippen molar-refractivity contribution in [2.75, 3.05) is 19.8 Å². The third kappa shape index (κ3) is 51.2. The van der Waals surface area contributed by atoms with Crippen molar-refractivity contribution in [1.82, 2.24) is 0 Å². The molecule has 0 aromatic rings. The molecule has 0 N–H and O–H groups in total. The van der Waals surface area contributed by atoms with Crippen molar-refractivity contribution in [3.63, 3.8) is 0 Å². The maximum absolute atomic E-state index is 12.8. The molecule has 5 heteroatoms. The first-order valence-electron chi connectivity index (χ1n) is 26.4. The highest BCUT2D eigenvalue weighted by Gasteiger charge is 2.17. The normalized spacial score (nSPS) is 13.1. The smallest absolute Gasteiger partial charge is 0.306 e. The number of rotatable bonds is 47. The lowest BCUT2D eigenvalue weighted by atomic mass is 10.1. The summed E-state index contributed by atoms with van der Waals surface area (Å²) in [7, 11) is 0. The van der Waals surface area contributed by atoms with E-state index in [1.54, 1.807) is 0 Å². The third-order valence-corrected chi connectivity index (χ3v) is 10.8. The van der Waals surface area contributed by atoms with Gasteiger partial charge in [-0.1, -0.05) is 214 Å². The van der Waals surface area contributed by atoms with Gasteiger partial charge >= 0.3 is 11.9 Å². The van der Waals surface area contributed by atoms with Crippen molar-refractivity contribution >= 4 is 11.9 Å². The zero-order valence-electron chi connectivity index (χ0n) is 41.8. The average Bonchev–Trinajstić information content (AvgIpc) is 3.30. The van der Waals surface area contributed by atoms with E-state index in [1.807, 2.05) is 6.08 Å². The number of carbonyl (C=O) groups is 2. The molecular formula is C59H98O5. The molecular weight excluding hydrogens is 789 g/mol. The Kier molecular flexibility index (Phi) is 51.0. The zero-order valence-corrected chi connectivity index (χ0v) is 41.8. The summed E-state index contributed by atoms with van der Waals surface area (Å²) in [6, 6.07) is 0. The number of ether oxygens (including phenoxy) is 3. The first-order valence-corrected chi connectivity index (χ1v) is 26.4. The molecule has 0 aliphatic rings. The molecule has 0 fully saturated rings. The first kappa shape index (κ1) is 60.6. The molecule has 0 spiro atoms. The van der Waals surface area contributed by atoms with Crippen LogP contribution in [0.15, 0.2) is 109 Å². The molecule has 64 heavy (non-hydrogen) atoms. The summed E-state index contributed by atoms with van der Waals surface area (Å²) in [6.45, 7) is 7.48. The number of carbonyl (C=O) groups excluding carboxylic acids is 2. The Labute approximate surface area is 395 Å². The molecule has 0 heterocycles. The second-order valence-corrected chi connectivity index (χ2v) is 17.0. The summed E-state index contributed by atoms with van der Waals surface area (Å²) < 4.78 is 17.3. The van der Waals surface area contributed by atoms with Gasteiger partial charge in [-0.05, 0) is 109 Å². The molecule has 0 bridgehead atoms. The second kappa shape index (κ2) is 53.9. The SMILES string of the molecule is CC/C=C\C/C=C\C/C=C\C/C=C\CCCCCCC(=O)OCC(COCCCCCCCCCC/C=C\CCCCCCCC)OC(=O)CC/C=C\C/C=C\C/C=C\C/C=C\CC. The van der Waals surface area contributed by atoms with Crippen LogP contribution in [0.2, 0.25) is 0 Å². The van der Waals surface area contributed by atoms with E-state index < -0.39 is 6.10 Å². The highest BCUT2D eigenvalue weighted by Crippen LogP contribution is 2.13. The van der Waals surface area contributed by atoms with Gasteiger partial charge in [0.15, 0.2) is 6.10 Å². The lowest BCUT2D eigenvalue weighted by molar-refractivity contribution is -0.162. The molecule has 1 atom stereocenters. The van der Waals surface area contributed by atoms with Gasteiger partial charge in [-0.15, -0.1) is 0 Å². The van der Waals surface area contributed by atoms with Crippen molar-refractivity contribution in [3.05, 3.63) is 109 Å². The molecule has 5 nitrogen and oxygen atoms in total. The summed E-state index contributed by atoms with van der Waals surface area (Å²) in [5, 5.41) is 0. The van der Waals surface area contributed by atoms with Crippen molar-refractivity contribution < 1.29 is 23.8 Å². The highest BCUT2D eigenvalue weighted by atomic mass is 16.6. The van der Waals surface area contributed by atoms with Crippen LogP contribution in [-0.4, -0.2) is 37.9 Å². The van der Waals surface area contributed by atoms with E-state index >= 15 is 0 Å². The fraction of sp³-hybridized carbons (Fsp3) is 0.661. The number of unbranched alkanes of at least 4 members (excludes halogenated alkanes) is 18. The molecule has 0 aromatic carbocycles. The minimum atomic E-state index is -0.592. The molecule has 0 amide bonds. The Morgan fingerprint density at radius 3 is 1.20 bits per heavy atom. The van der Waals surface area contributed by atoms with Gasteiger partial charge in [-0.25, -0.2) is 0 Å². The van der Waals surface area contributed by atoms with Crippen LogP contribution in [-0.2, 0) is 23.8 Å². The van der Waals surface area contributed by atoms with Crippen LogP contribution in [0, 0.1) is 0 Å². The number of allylic oxidation sites excluding steroid dienone is 18. The third-order valence-electron chi connectivity index (χ3n) is 10.8. The van der Waals surface area contributed by atoms with Gasteiger partial charge in [0.05, 0.1) is 6.61 Å². The van der Waals surface area contributed by atoms with E-state index in [0.717, 1.165) is 96.3 Å². The summed E-state index contributed by atoms with van der Waals surface area (Å²) in [4.78, 5) is 25.4. The fourth-order valence-corrected chi connectivity index (χ4v) is 6.92. The Hall–Kier alpha value is -3.44. The lowest BCUT2D eigenvalue weighted by Gasteiger charge is -2.18. The average molecular weight is 887 g/mol. The van der Waals surface area contributed by atoms with Crippen LogP contribution >= 0.6 is 0 Å². The summed E-state index contributed by atoms with van der Waals surface area (Å²) in [5.41, 5.74) is 0. The van der Waals surface area contributed by atoms with Gasteiger partial charge in [0, 0.05) is 19.4 Å². The van der Waals surface area contributed by atoms with Gasteiger partial charge in [-0.2, -0.15) is 0 Å². The van der Waals surface area contributed by atoms with Crippen molar-refractivity contribution in [3.8, 4) is 0 Å². The van der Waals surface area contributed by atoms with E-state index in [9.17, 15) is 9.59 Å². The largest absolute Gasteiger partial charge is 0.462 e. The van der Waals surface area contributed by atoms with Crippen LogP contribution in [0.5, 0.6) is 0 Å². The van der Waals surface area contributed by atoms with Crippen LogP contribution in [0.3, 0.4) is 0 Å². The Bertz CT molecular complexity index is 1280. The number of hydrogen-bond acceptors (Lipinski definition) is 5. The topological polar surface area (TPSA) is 61.8 Å². The minimum absolute atomic E-state index is 0.0370. The molecule has 0 aromatic heterocycles. The van der Waals surface area contributed by atoms with Crippen molar-refractivity contribution in [2.45, 2.75) is 232 Å². The molecule has 0 rings (SSSR count). The Balaban J connectivity index is 4.39. The number of hydrogen-bond donors (Lipinski definition) is 0. The molecule has 0 aliphatic heterocycles. The van der Waals surface area contributed by atoms with Gasteiger partial charge in [0.25, 0.3) is 0 Å². The molecule has 0 saturated heterocycles. The molecule has 0 aliphatic carbocycles. The maximum Gasteiger partial charge on any atom is 0.306 e. The molecule has 0 radical (unpaired) electrons. The molecule has 1 unspecified atom stereocenters. The Morgan fingerprint density at radius 2 is 0.734 bits per heavy atom. The van der Waals surface area contributed by atoms with Crippen LogP contribution in [0.25, 0.3) is 0 Å². The minimum Gasteiger partial charge on any atom is -0.462 e. The second-order valence-electron chi connectivity index (χ2n) is 17.0. The summed E-state index contributed by atoms with van der Waals surface area (Å²) >= 11 is 0. The van der Waals surface area contributed by atoms with Crippen molar-refractivity contribution in [2.24, 2.45) is 0 Å². The molecule has 0 saturated carbocycles. The standard InChI is InChI=1S/C59H98O5/c1-4-7-10-13-16-19-22-25-27-29-31-33-36-39-42-45-48-51-54-62-55-57(64-59(61)53-50-47-44-41-38-34-24-21-18-15-12-9-6-3)56-63-58(60)52-49-46-43-40-37-35-32-30-28-26-23-20-17-14-11-8-5-2/h8-9,11-12,17-18,20-21,25-28,32,34-35,38,44,47,57H,4-7,10,13-16,19,22-24,29-31,33,36-37,39-43,45-46,48-56H2,1-3H3/b11-8-,12-9-,20-17-,21-18-,27-25-,28-26-,35-32-,38-34-,47-44-. The van der Waals surface area contributed by atoms with E-state index in [-0.39, 0.29) is 31.6 Å². The van der Waals surface area contributed by atoms with Crippen LogP contribution in [0.1, 0.15) is 226 Å². The van der Waals surface area contributed by atoms with E-state index in [4.69, 9.17) is 14.2 Å². The predicted octanol–water partition coefficient (Wildman–Crippen LogP) is 18.0. The Morgan fingerprint density at radius 1 is 0.359 bits per heavy atom. The number of esters is 2. The summed E-state index contributed by atoms with van der Waals surface area (Å²) in [6.07, 6.45) is 74.0. The van der Waals surface area contributed by atoms with Gasteiger partial charge in [0.1, 0.15) is 6.61 Å². The first-order chi connectivity index (χ1) is 31.6. The van der Waals surface area contributed by atoms with E-state index in [0.29, 0.717) is 19.4 Å². The molecule has 364 valence electrons. The quantitative estimate of drug-likeness (QED) is 0.0346. The van der Waals surface area contributed by atoms with Gasteiger partial charge in [0.2, 0.25) is 0 Å². The monoisotopic (exact) mass is 887 g/mol. The van der Waals surface area contributed by atoms with E-state index in [1.165, 1.54) is 89.9 Å². The van der Waals surface area contributed by atoms with Gasteiger partial charge in [-0.3, -0.25) is 9.59 Å². The van der Waals surface area contributed by atoms with E-state index in [2.05, 4.69) is 124 Å². The maximum atomic E-state index is 12.8.